The number of methoxy groups -OCH3 is 1. The van der Waals surface area contributed by atoms with Crippen molar-refractivity contribution in [3.8, 4) is 5.75 Å². The van der Waals surface area contributed by atoms with Crippen LogP contribution in [0.15, 0.2) is 44.5 Å². The number of hydrogen-bond acceptors (Lipinski definition) is 4. The first-order valence-corrected chi connectivity index (χ1v) is 9.45. The molecule has 0 aliphatic heterocycles. The number of fused-ring (bicyclic) bond motifs is 3. The van der Waals surface area contributed by atoms with Gasteiger partial charge in [0, 0.05) is 23.0 Å². The van der Waals surface area contributed by atoms with Crippen molar-refractivity contribution in [1.29, 1.82) is 0 Å². The summed E-state index contributed by atoms with van der Waals surface area (Å²) in [5, 5.41) is 5.00. The smallest absolute Gasteiger partial charge is 0.350 e. The summed E-state index contributed by atoms with van der Waals surface area (Å²) < 4.78 is 6.14. The highest BCUT2D eigenvalue weighted by molar-refractivity contribution is 6.04. The highest BCUT2D eigenvalue weighted by Crippen LogP contribution is 2.32. The topological polar surface area (TPSA) is 92.2 Å². The summed E-state index contributed by atoms with van der Waals surface area (Å²) in [4.78, 5) is 31.4. The van der Waals surface area contributed by atoms with E-state index in [4.69, 9.17) is 4.74 Å². The number of allylic oxidation sites excluding steroid dienone is 2. The second kappa shape index (κ2) is 6.82. The lowest BCUT2D eigenvalue weighted by molar-refractivity contribution is 0.361. The molecule has 0 fully saturated rings. The molecule has 7 nitrogen and oxygen atoms in total. The number of nitrogens with one attached hydrogen (secondary N) is 2. The van der Waals surface area contributed by atoms with Crippen molar-refractivity contribution < 1.29 is 4.74 Å². The van der Waals surface area contributed by atoms with Gasteiger partial charge in [-0.3, -0.25) is 4.79 Å². The lowest BCUT2D eigenvalue weighted by Crippen LogP contribution is -2.33. The quantitative estimate of drug-likeness (QED) is 0.540. The van der Waals surface area contributed by atoms with E-state index < -0.39 is 11.2 Å². The first-order chi connectivity index (χ1) is 13.4. The van der Waals surface area contributed by atoms with Crippen LogP contribution in [-0.4, -0.2) is 28.0 Å². The van der Waals surface area contributed by atoms with E-state index in [0.717, 1.165) is 22.0 Å². The number of rotatable bonds is 3. The van der Waals surface area contributed by atoms with E-state index in [1.165, 1.54) is 5.57 Å². The molecule has 3 atom stereocenters. The minimum atomic E-state index is -0.555. The van der Waals surface area contributed by atoms with Crippen LogP contribution in [0, 0.1) is 17.8 Å². The molecule has 4 rings (SSSR count). The third-order valence-corrected chi connectivity index (χ3v) is 5.65. The van der Waals surface area contributed by atoms with Gasteiger partial charge in [-0.05, 0) is 43.4 Å². The van der Waals surface area contributed by atoms with E-state index in [0.29, 0.717) is 28.6 Å². The van der Waals surface area contributed by atoms with E-state index in [9.17, 15) is 9.59 Å². The molecule has 3 aromatic rings. The molecule has 2 N–H and O–H groups in total. The Morgan fingerprint density at radius 1 is 1.21 bits per heavy atom. The predicted molar refractivity (Wildman–Crippen MR) is 111 cm³/mol. The number of H-pyrrole nitrogens is 2. The Morgan fingerprint density at radius 2 is 2.00 bits per heavy atom. The fourth-order valence-electron chi connectivity index (χ4n) is 4.27. The van der Waals surface area contributed by atoms with Crippen molar-refractivity contribution in [2.24, 2.45) is 22.9 Å². The van der Waals surface area contributed by atoms with Gasteiger partial charge in [0.1, 0.15) is 11.3 Å². The molecule has 2 aromatic heterocycles. The Labute approximate surface area is 161 Å². The van der Waals surface area contributed by atoms with Crippen LogP contribution in [0.25, 0.3) is 21.9 Å². The van der Waals surface area contributed by atoms with Crippen LogP contribution < -0.4 is 16.0 Å². The highest BCUT2D eigenvalue weighted by atomic mass is 16.5. The molecule has 1 aromatic carbocycles. The minimum absolute atomic E-state index is 0.178. The van der Waals surface area contributed by atoms with Gasteiger partial charge in [0.05, 0.1) is 12.6 Å². The van der Waals surface area contributed by atoms with Gasteiger partial charge < -0.3 is 14.7 Å². The molecule has 0 bridgehead atoms. The minimum Gasteiger partial charge on any atom is -0.497 e. The summed E-state index contributed by atoms with van der Waals surface area (Å²) in [6, 6.07) is 5.41. The molecule has 1 aliphatic rings. The van der Waals surface area contributed by atoms with Crippen molar-refractivity contribution in [2.75, 3.05) is 7.11 Å². The van der Waals surface area contributed by atoms with Gasteiger partial charge in [-0.2, -0.15) is 5.10 Å². The number of benzene rings is 1. The average Bonchev–Trinajstić information content (AvgIpc) is 3.01. The van der Waals surface area contributed by atoms with Gasteiger partial charge in [0.15, 0.2) is 0 Å². The first-order valence-electron chi connectivity index (χ1n) is 9.45. The number of hydrogen-bond donors (Lipinski definition) is 2. The third-order valence-electron chi connectivity index (χ3n) is 5.65. The van der Waals surface area contributed by atoms with E-state index in [1.807, 2.05) is 6.07 Å². The van der Waals surface area contributed by atoms with Crippen LogP contribution in [0.2, 0.25) is 0 Å². The normalized spacial score (nSPS) is 22.9. The van der Waals surface area contributed by atoms with Crippen LogP contribution >= 0.6 is 0 Å². The zero-order valence-electron chi connectivity index (χ0n) is 16.4. The molecule has 2 heterocycles. The largest absolute Gasteiger partial charge is 0.497 e. The number of ether oxygens (including phenoxy) is 1. The first kappa shape index (κ1) is 18.3. The van der Waals surface area contributed by atoms with Gasteiger partial charge in [-0.15, -0.1) is 4.68 Å². The molecule has 0 spiro atoms. The SMILES string of the molecule is COc1ccc2[nH]c3c(=O)n(/N=C\[C@@H]4[C@H](C)C=C(C)C[C@@H]4C)c(=O)[nH]c3c2c1. The molecule has 7 heteroatoms. The summed E-state index contributed by atoms with van der Waals surface area (Å²) in [6.45, 7) is 6.44. The molecule has 0 saturated carbocycles. The average molecular weight is 380 g/mol. The van der Waals surface area contributed by atoms with Gasteiger partial charge in [0.2, 0.25) is 0 Å². The fourth-order valence-corrected chi connectivity index (χ4v) is 4.27. The Morgan fingerprint density at radius 3 is 2.71 bits per heavy atom. The van der Waals surface area contributed by atoms with Crippen LogP contribution in [0.1, 0.15) is 27.2 Å². The van der Waals surface area contributed by atoms with E-state index in [1.54, 1.807) is 25.5 Å². The van der Waals surface area contributed by atoms with E-state index >= 15 is 0 Å². The maximum atomic E-state index is 12.9. The van der Waals surface area contributed by atoms with Crippen molar-refractivity contribution >= 4 is 28.2 Å². The van der Waals surface area contributed by atoms with Crippen LogP contribution in [0.3, 0.4) is 0 Å². The molecule has 0 unspecified atom stereocenters. The summed E-state index contributed by atoms with van der Waals surface area (Å²) in [5.41, 5.74) is 1.89. The molecule has 1 aliphatic carbocycles. The van der Waals surface area contributed by atoms with Gasteiger partial charge in [-0.1, -0.05) is 25.5 Å². The lowest BCUT2D eigenvalue weighted by Gasteiger charge is -2.29. The zero-order chi connectivity index (χ0) is 20.0. The molecule has 0 saturated heterocycles. The van der Waals surface area contributed by atoms with Crippen molar-refractivity contribution in [2.45, 2.75) is 27.2 Å². The second-order valence-electron chi connectivity index (χ2n) is 7.73. The fraction of sp³-hybridized carbons (Fsp3) is 0.381. The van der Waals surface area contributed by atoms with E-state index in [-0.39, 0.29) is 5.92 Å². The number of nitrogens with zero attached hydrogens (tertiary/aromatic N) is 2. The Balaban J connectivity index is 1.81. The zero-order valence-corrected chi connectivity index (χ0v) is 16.4. The summed E-state index contributed by atoms with van der Waals surface area (Å²) in [5.74, 6) is 1.55. The van der Waals surface area contributed by atoms with Gasteiger partial charge in [-0.25, -0.2) is 4.79 Å². The molecular weight excluding hydrogens is 356 g/mol. The molecule has 146 valence electrons. The monoisotopic (exact) mass is 380 g/mol. The van der Waals surface area contributed by atoms with Crippen LogP contribution in [-0.2, 0) is 0 Å². The Kier molecular flexibility index (Phi) is 4.45. The maximum absolute atomic E-state index is 12.9. The van der Waals surface area contributed by atoms with Gasteiger partial charge >= 0.3 is 11.2 Å². The Hall–Kier alpha value is -3.09. The number of aromatic nitrogens is 3. The summed E-state index contributed by atoms with van der Waals surface area (Å²) in [7, 11) is 1.57. The van der Waals surface area contributed by atoms with Crippen molar-refractivity contribution in [1.82, 2.24) is 14.6 Å². The van der Waals surface area contributed by atoms with Crippen LogP contribution in [0.5, 0.6) is 5.75 Å². The van der Waals surface area contributed by atoms with Gasteiger partial charge in [0.25, 0.3) is 0 Å². The van der Waals surface area contributed by atoms with E-state index in [2.05, 4.69) is 41.9 Å². The summed E-state index contributed by atoms with van der Waals surface area (Å²) in [6.07, 6.45) is 4.97. The Bertz CT molecular complexity index is 1230. The molecule has 0 amide bonds. The van der Waals surface area contributed by atoms with Crippen molar-refractivity contribution in [3.05, 3.63) is 50.7 Å². The summed E-state index contributed by atoms with van der Waals surface area (Å²) >= 11 is 0. The second-order valence-corrected chi connectivity index (χ2v) is 7.73. The highest BCUT2D eigenvalue weighted by Gasteiger charge is 2.25. The van der Waals surface area contributed by atoms with Crippen molar-refractivity contribution in [3.63, 3.8) is 0 Å². The number of aromatic amines is 2. The lowest BCUT2D eigenvalue weighted by atomic mass is 9.76. The molecule has 0 radical (unpaired) electrons. The standard InChI is InChI=1S/C21H24N4O3/c1-11-7-12(2)16(13(3)8-11)10-22-25-20(26)19-18(24-21(25)27)15-9-14(28-4)5-6-17(15)23-19/h5-7,9-10,12-13,16,23H,8H2,1-4H3,(H,24,27)/b22-10-/t12-,13+,16-/m1/s1. The van der Waals surface area contributed by atoms with Crippen LogP contribution in [0.4, 0.5) is 0 Å². The predicted octanol–water partition coefficient (Wildman–Crippen LogP) is 3.25. The molecular formula is C21H24N4O3. The maximum Gasteiger partial charge on any atom is 0.350 e. The molecule has 28 heavy (non-hydrogen) atoms. The third kappa shape index (κ3) is 2.96.